The Morgan fingerprint density at radius 3 is 2.41 bits per heavy atom. The Kier molecular flexibility index (Phi) is 13.3. The third-order valence-electron chi connectivity index (χ3n) is 3.90. The van der Waals surface area contributed by atoms with E-state index in [1.165, 1.54) is 0 Å². The molecule has 0 aliphatic rings. The van der Waals surface area contributed by atoms with Crippen LogP contribution in [0.15, 0.2) is 4.99 Å². The quantitative estimate of drug-likeness (QED) is 0.318. The van der Waals surface area contributed by atoms with Gasteiger partial charge in [0.15, 0.2) is 5.96 Å². The third kappa shape index (κ3) is 9.97. The molecule has 132 valence electrons. The summed E-state index contributed by atoms with van der Waals surface area (Å²) < 4.78 is 5.07. The van der Waals surface area contributed by atoms with Gasteiger partial charge < -0.3 is 20.3 Å². The van der Waals surface area contributed by atoms with Crippen molar-refractivity contribution in [1.29, 1.82) is 0 Å². The van der Waals surface area contributed by atoms with Crippen LogP contribution in [0.2, 0.25) is 0 Å². The fraction of sp³-hybridized carbons (Fsp3) is 0.938. The minimum Gasteiger partial charge on any atom is -0.385 e. The average Bonchev–Trinajstić information content (AvgIpc) is 2.52. The number of methoxy groups -OCH3 is 1. The monoisotopic (exact) mass is 315 g/mol. The van der Waals surface area contributed by atoms with Gasteiger partial charge in [-0.3, -0.25) is 9.89 Å². The predicted molar refractivity (Wildman–Crippen MR) is 95.7 cm³/mol. The highest BCUT2D eigenvalue weighted by atomic mass is 16.5. The lowest BCUT2D eigenvalue weighted by Gasteiger charge is -2.27. The SMILES string of the molecule is CCN(CC)C(C)CNC(=NC)NCCN(C)CCCOC. The maximum absolute atomic E-state index is 5.07. The molecule has 0 radical (unpaired) electrons. The number of guanidine groups is 1. The molecule has 0 fully saturated rings. The molecule has 0 bridgehead atoms. The second kappa shape index (κ2) is 13.8. The molecule has 0 saturated carbocycles. The maximum atomic E-state index is 5.07. The molecule has 0 aromatic rings. The van der Waals surface area contributed by atoms with Crippen molar-refractivity contribution in [3.8, 4) is 0 Å². The lowest BCUT2D eigenvalue weighted by molar-refractivity contribution is 0.180. The van der Waals surface area contributed by atoms with Crippen molar-refractivity contribution >= 4 is 5.96 Å². The standard InChI is InChI=1S/C16H37N5O/c1-7-21(8-2)15(3)14-19-16(17-4)18-10-12-20(5)11-9-13-22-6/h15H,7-14H2,1-6H3,(H2,17,18,19). The molecule has 0 saturated heterocycles. The Labute approximate surface area is 137 Å². The van der Waals surface area contributed by atoms with Crippen molar-refractivity contribution in [3.05, 3.63) is 0 Å². The molecule has 6 nitrogen and oxygen atoms in total. The van der Waals surface area contributed by atoms with E-state index in [1.54, 1.807) is 7.11 Å². The smallest absolute Gasteiger partial charge is 0.191 e. The van der Waals surface area contributed by atoms with E-state index in [2.05, 4.69) is 53.2 Å². The lowest BCUT2D eigenvalue weighted by Crippen LogP contribution is -2.47. The molecule has 0 aromatic carbocycles. The fourth-order valence-corrected chi connectivity index (χ4v) is 2.40. The summed E-state index contributed by atoms with van der Waals surface area (Å²) in [6, 6.07) is 0.505. The number of ether oxygens (including phenoxy) is 1. The molecule has 0 aromatic heterocycles. The number of likely N-dealkylation sites (N-methyl/N-ethyl adjacent to an activating group) is 2. The van der Waals surface area contributed by atoms with Crippen molar-refractivity contribution in [1.82, 2.24) is 20.4 Å². The van der Waals surface area contributed by atoms with E-state index >= 15 is 0 Å². The van der Waals surface area contributed by atoms with Crippen molar-refractivity contribution in [2.24, 2.45) is 4.99 Å². The first-order valence-corrected chi connectivity index (χ1v) is 8.44. The Morgan fingerprint density at radius 1 is 1.18 bits per heavy atom. The van der Waals surface area contributed by atoms with E-state index in [1.807, 2.05) is 7.05 Å². The molecular weight excluding hydrogens is 278 g/mol. The summed E-state index contributed by atoms with van der Waals surface area (Å²) in [6.07, 6.45) is 1.07. The Hall–Kier alpha value is -0.850. The third-order valence-corrected chi connectivity index (χ3v) is 3.90. The van der Waals surface area contributed by atoms with Crippen molar-refractivity contribution in [3.63, 3.8) is 0 Å². The van der Waals surface area contributed by atoms with Gasteiger partial charge in [-0.15, -0.1) is 0 Å². The van der Waals surface area contributed by atoms with Crippen molar-refractivity contribution in [2.45, 2.75) is 33.2 Å². The van der Waals surface area contributed by atoms with Crippen molar-refractivity contribution < 1.29 is 4.74 Å². The predicted octanol–water partition coefficient (Wildman–Crippen LogP) is 0.850. The van der Waals surface area contributed by atoms with E-state index in [-0.39, 0.29) is 0 Å². The number of nitrogens with zero attached hydrogens (tertiary/aromatic N) is 3. The van der Waals surface area contributed by atoms with Gasteiger partial charge in [0.05, 0.1) is 0 Å². The minimum absolute atomic E-state index is 0.505. The highest BCUT2D eigenvalue weighted by Crippen LogP contribution is 1.96. The molecule has 2 N–H and O–H groups in total. The Bertz CT molecular complexity index is 282. The molecule has 0 rings (SSSR count). The topological polar surface area (TPSA) is 52.1 Å². The zero-order chi connectivity index (χ0) is 16.8. The van der Waals surface area contributed by atoms with Crippen LogP contribution in [0.5, 0.6) is 0 Å². The summed E-state index contributed by atoms with van der Waals surface area (Å²) >= 11 is 0. The molecule has 1 unspecified atom stereocenters. The maximum Gasteiger partial charge on any atom is 0.191 e. The van der Waals surface area contributed by atoms with Gasteiger partial charge in [-0.1, -0.05) is 13.8 Å². The summed E-state index contributed by atoms with van der Waals surface area (Å²) in [7, 11) is 5.70. The zero-order valence-corrected chi connectivity index (χ0v) is 15.5. The van der Waals surface area contributed by atoms with Crippen LogP contribution in [0.25, 0.3) is 0 Å². The van der Waals surface area contributed by atoms with Crippen molar-refractivity contribution in [2.75, 3.05) is 67.1 Å². The van der Waals surface area contributed by atoms with Gasteiger partial charge in [0.2, 0.25) is 0 Å². The second-order valence-corrected chi connectivity index (χ2v) is 5.60. The van der Waals surface area contributed by atoms with E-state index in [4.69, 9.17) is 4.74 Å². The average molecular weight is 316 g/mol. The van der Waals surface area contributed by atoms with Crippen LogP contribution in [0.1, 0.15) is 27.2 Å². The van der Waals surface area contributed by atoms with Crippen LogP contribution in [-0.2, 0) is 4.74 Å². The highest BCUT2D eigenvalue weighted by Gasteiger charge is 2.10. The van der Waals surface area contributed by atoms with Crippen LogP contribution >= 0.6 is 0 Å². The fourth-order valence-electron chi connectivity index (χ4n) is 2.40. The molecule has 1 atom stereocenters. The van der Waals surface area contributed by atoms with Gasteiger partial charge in [-0.05, 0) is 33.5 Å². The molecule has 22 heavy (non-hydrogen) atoms. The number of nitrogens with one attached hydrogen (secondary N) is 2. The molecular formula is C16H37N5O. The molecule has 0 heterocycles. The van der Waals surface area contributed by atoms with Gasteiger partial charge in [-0.2, -0.15) is 0 Å². The number of hydrogen-bond acceptors (Lipinski definition) is 4. The first kappa shape index (κ1) is 21.1. The first-order chi connectivity index (χ1) is 10.6. The number of hydrogen-bond donors (Lipinski definition) is 2. The molecule has 0 aliphatic heterocycles. The van der Waals surface area contributed by atoms with E-state index < -0.39 is 0 Å². The van der Waals surface area contributed by atoms with Gasteiger partial charge >= 0.3 is 0 Å². The van der Waals surface area contributed by atoms with Crippen LogP contribution < -0.4 is 10.6 Å². The summed E-state index contributed by atoms with van der Waals surface area (Å²) in [5.74, 6) is 0.879. The summed E-state index contributed by atoms with van der Waals surface area (Å²) in [6.45, 7) is 13.5. The van der Waals surface area contributed by atoms with E-state index in [9.17, 15) is 0 Å². The molecule has 6 heteroatoms. The van der Waals surface area contributed by atoms with Gasteiger partial charge in [0.25, 0.3) is 0 Å². The van der Waals surface area contributed by atoms with Crippen LogP contribution in [0.3, 0.4) is 0 Å². The van der Waals surface area contributed by atoms with E-state index in [0.717, 1.165) is 58.3 Å². The Balaban J connectivity index is 3.88. The first-order valence-electron chi connectivity index (χ1n) is 8.44. The summed E-state index contributed by atoms with van der Waals surface area (Å²) in [4.78, 5) is 9.02. The summed E-state index contributed by atoms with van der Waals surface area (Å²) in [5, 5.41) is 6.77. The number of rotatable bonds is 12. The van der Waals surface area contributed by atoms with Crippen LogP contribution in [-0.4, -0.2) is 88.9 Å². The normalized spacial score (nSPS) is 13.7. The van der Waals surface area contributed by atoms with Crippen LogP contribution in [0.4, 0.5) is 0 Å². The largest absolute Gasteiger partial charge is 0.385 e. The Morgan fingerprint density at radius 2 is 1.86 bits per heavy atom. The van der Waals surface area contributed by atoms with E-state index in [0.29, 0.717) is 6.04 Å². The van der Waals surface area contributed by atoms with Gasteiger partial charge in [-0.25, -0.2) is 0 Å². The zero-order valence-electron chi connectivity index (χ0n) is 15.5. The van der Waals surface area contributed by atoms with Gasteiger partial charge in [0, 0.05) is 53.0 Å². The molecule has 0 spiro atoms. The van der Waals surface area contributed by atoms with Gasteiger partial charge in [0.1, 0.15) is 0 Å². The molecule has 0 aliphatic carbocycles. The molecule has 0 amide bonds. The summed E-state index contributed by atoms with van der Waals surface area (Å²) in [5.41, 5.74) is 0. The van der Waals surface area contributed by atoms with Crippen LogP contribution in [0, 0.1) is 0 Å². The lowest BCUT2D eigenvalue weighted by atomic mass is 10.3. The highest BCUT2D eigenvalue weighted by molar-refractivity contribution is 5.79. The second-order valence-electron chi connectivity index (χ2n) is 5.60. The number of aliphatic imine (C=N–C) groups is 1. The minimum atomic E-state index is 0.505.